The lowest BCUT2D eigenvalue weighted by Gasteiger charge is -2.38. The number of likely N-dealkylation sites (tertiary alicyclic amines) is 1. The molecule has 3 heteroatoms. The molecular formula is C15H32N2O. The summed E-state index contributed by atoms with van der Waals surface area (Å²) in [6, 6.07) is 1.71. The highest BCUT2D eigenvalue weighted by Gasteiger charge is 2.33. The van der Waals surface area contributed by atoms with Crippen LogP contribution in [0.4, 0.5) is 0 Å². The van der Waals surface area contributed by atoms with E-state index in [4.69, 9.17) is 0 Å². The van der Waals surface area contributed by atoms with E-state index in [1.807, 2.05) is 0 Å². The molecule has 1 heterocycles. The number of rotatable bonds is 7. The highest BCUT2D eigenvalue weighted by molar-refractivity contribution is 4.91. The van der Waals surface area contributed by atoms with Gasteiger partial charge in [0.25, 0.3) is 0 Å². The van der Waals surface area contributed by atoms with Gasteiger partial charge in [-0.15, -0.1) is 0 Å². The second-order valence-electron chi connectivity index (χ2n) is 6.51. The van der Waals surface area contributed by atoms with E-state index in [2.05, 4.69) is 44.8 Å². The molecule has 0 aliphatic carbocycles. The second-order valence-corrected chi connectivity index (χ2v) is 6.51. The summed E-state index contributed by atoms with van der Waals surface area (Å²) in [6.07, 6.45) is 4.93. The van der Waals surface area contributed by atoms with E-state index in [1.165, 1.54) is 25.8 Å². The van der Waals surface area contributed by atoms with Crippen molar-refractivity contribution >= 4 is 0 Å². The van der Waals surface area contributed by atoms with Crippen molar-refractivity contribution in [3.63, 3.8) is 0 Å². The number of aliphatic hydroxyl groups is 1. The third-order valence-electron chi connectivity index (χ3n) is 4.19. The quantitative estimate of drug-likeness (QED) is 0.734. The van der Waals surface area contributed by atoms with Crippen LogP contribution in [-0.4, -0.2) is 46.8 Å². The molecule has 0 amide bonds. The molecule has 1 fully saturated rings. The number of nitrogens with zero attached hydrogens (tertiary/aromatic N) is 1. The molecule has 0 aromatic rings. The largest absolute Gasteiger partial charge is 0.394 e. The molecule has 1 aliphatic rings. The average molecular weight is 256 g/mol. The van der Waals surface area contributed by atoms with Crippen molar-refractivity contribution in [3.8, 4) is 0 Å². The minimum absolute atomic E-state index is 0.158. The first kappa shape index (κ1) is 15.9. The van der Waals surface area contributed by atoms with Crippen LogP contribution in [0.3, 0.4) is 0 Å². The van der Waals surface area contributed by atoms with Crippen LogP contribution in [0.15, 0.2) is 0 Å². The molecule has 0 aromatic carbocycles. The monoisotopic (exact) mass is 256 g/mol. The maximum atomic E-state index is 9.67. The Hall–Kier alpha value is -0.120. The summed E-state index contributed by atoms with van der Waals surface area (Å²) in [5, 5.41) is 13.2. The minimum Gasteiger partial charge on any atom is -0.394 e. The van der Waals surface area contributed by atoms with Crippen LogP contribution >= 0.6 is 0 Å². The first-order valence-corrected chi connectivity index (χ1v) is 7.56. The average Bonchev–Trinajstić information content (AvgIpc) is 2.75. The van der Waals surface area contributed by atoms with Crippen molar-refractivity contribution in [1.29, 1.82) is 0 Å². The highest BCUT2D eigenvalue weighted by Crippen LogP contribution is 2.26. The van der Waals surface area contributed by atoms with Crippen molar-refractivity contribution < 1.29 is 5.11 Å². The van der Waals surface area contributed by atoms with E-state index in [1.54, 1.807) is 0 Å². The molecule has 1 rings (SSSR count). The second kappa shape index (κ2) is 6.88. The predicted octanol–water partition coefficient (Wildman–Crippen LogP) is 2.39. The van der Waals surface area contributed by atoms with E-state index >= 15 is 0 Å². The SMILES string of the molecule is CCC1CCCN1C(C)CC(C)(CO)NC(C)C. The molecule has 0 spiro atoms. The lowest BCUT2D eigenvalue weighted by molar-refractivity contribution is 0.101. The normalized spacial score (nSPS) is 26.5. The first-order chi connectivity index (χ1) is 8.41. The Morgan fingerprint density at radius 2 is 2.06 bits per heavy atom. The molecule has 1 aliphatic heterocycles. The summed E-state index contributed by atoms with van der Waals surface area (Å²) in [6.45, 7) is 12.5. The Kier molecular flexibility index (Phi) is 6.09. The van der Waals surface area contributed by atoms with Crippen molar-refractivity contribution in [3.05, 3.63) is 0 Å². The fourth-order valence-electron chi connectivity index (χ4n) is 3.51. The fourth-order valence-corrected chi connectivity index (χ4v) is 3.51. The van der Waals surface area contributed by atoms with Crippen LogP contribution in [0, 0.1) is 0 Å². The first-order valence-electron chi connectivity index (χ1n) is 7.56. The van der Waals surface area contributed by atoms with E-state index in [0.717, 1.165) is 12.5 Å². The Balaban J connectivity index is 2.58. The van der Waals surface area contributed by atoms with Crippen molar-refractivity contribution in [2.45, 2.75) is 84.0 Å². The molecule has 3 atom stereocenters. The molecule has 3 unspecified atom stereocenters. The third-order valence-corrected chi connectivity index (χ3v) is 4.19. The molecule has 0 aromatic heterocycles. The fraction of sp³-hybridized carbons (Fsp3) is 1.00. The van der Waals surface area contributed by atoms with Crippen molar-refractivity contribution in [2.24, 2.45) is 0 Å². The summed E-state index contributed by atoms with van der Waals surface area (Å²) >= 11 is 0. The van der Waals surface area contributed by atoms with Gasteiger partial charge >= 0.3 is 0 Å². The standard InChI is InChI=1S/C15H32N2O/c1-6-14-8-7-9-17(14)13(4)10-15(5,11-18)16-12(2)3/h12-14,16,18H,6-11H2,1-5H3. The van der Waals surface area contributed by atoms with Crippen LogP contribution in [0.5, 0.6) is 0 Å². The van der Waals surface area contributed by atoms with Gasteiger partial charge in [-0.05, 0) is 46.1 Å². The zero-order valence-electron chi connectivity index (χ0n) is 12.9. The number of nitrogens with one attached hydrogen (secondary N) is 1. The Morgan fingerprint density at radius 3 is 2.56 bits per heavy atom. The van der Waals surface area contributed by atoms with Crippen LogP contribution in [0.1, 0.15) is 60.3 Å². The van der Waals surface area contributed by atoms with Gasteiger partial charge in [-0.1, -0.05) is 20.8 Å². The third kappa shape index (κ3) is 4.22. The molecule has 3 nitrogen and oxygen atoms in total. The molecule has 108 valence electrons. The van der Waals surface area contributed by atoms with Gasteiger partial charge in [0.2, 0.25) is 0 Å². The summed E-state index contributed by atoms with van der Waals surface area (Å²) in [7, 11) is 0. The Morgan fingerprint density at radius 1 is 1.39 bits per heavy atom. The van der Waals surface area contributed by atoms with E-state index < -0.39 is 0 Å². The summed E-state index contributed by atoms with van der Waals surface area (Å²) in [4.78, 5) is 2.63. The molecule has 0 bridgehead atoms. The smallest absolute Gasteiger partial charge is 0.0611 e. The molecule has 2 N–H and O–H groups in total. The van der Waals surface area contributed by atoms with Gasteiger partial charge in [-0.2, -0.15) is 0 Å². The van der Waals surface area contributed by atoms with Gasteiger partial charge in [0.05, 0.1) is 6.61 Å². The Labute approximate surface area is 113 Å². The van der Waals surface area contributed by atoms with E-state index in [9.17, 15) is 5.11 Å². The van der Waals surface area contributed by atoms with Crippen molar-refractivity contribution in [2.75, 3.05) is 13.2 Å². The van der Waals surface area contributed by atoms with Gasteiger partial charge in [-0.25, -0.2) is 0 Å². The molecule has 18 heavy (non-hydrogen) atoms. The van der Waals surface area contributed by atoms with Crippen LogP contribution in [-0.2, 0) is 0 Å². The highest BCUT2D eigenvalue weighted by atomic mass is 16.3. The number of hydrogen-bond acceptors (Lipinski definition) is 3. The summed E-state index contributed by atoms with van der Waals surface area (Å²) in [5.74, 6) is 0. The van der Waals surface area contributed by atoms with E-state index in [-0.39, 0.29) is 12.1 Å². The van der Waals surface area contributed by atoms with Crippen molar-refractivity contribution in [1.82, 2.24) is 10.2 Å². The lowest BCUT2D eigenvalue weighted by Crippen LogP contribution is -2.53. The maximum Gasteiger partial charge on any atom is 0.0611 e. The van der Waals surface area contributed by atoms with E-state index in [0.29, 0.717) is 12.1 Å². The number of aliphatic hydroxyl groups excluding tert-OH is 1. The molecule has 0 saturated carbocycles. The zero-order chi connectivity index (χ0) is 13.8. The minimum atomic E-state index is -0.158. The topological polar surface area (TPSA) is 35.5 Å². The number of hydrogen-bond donors (Lipinski definition) is 2. The summed E-state index contributed by atoms with van der Waals surface area (Å²) in [5.41, 5.74) is -0.158. The van der Waals surface area contributed by atoms with Crippen LogP contribution in [0.2, 0.25) is 0 Å². The molecular weight excluding hydrogens is 224 g/mol. The maximum absolute atomic E-state index is 9.67. The lowest BCUT2D eigenvalue weighted by atomic mass is 9.92. The predicted molar refractivity (Wildman–Crippen MR) is 77.9 cm³/mol. The molecule has 0 radical (unpaired) electrons. The summed E-state index contributed by atoms with van der Waals surface area (Å²) < 4.78 is 0. The molecule has 1 saturated heterocycles. The van der Waals surface area contributed by atoms with Gasteiger partial charge in [0.1, 0.15) is 0 Å². The van der Waals surface area contributed by atoms with Gasteiger partial charge in [-0.3, -0.25) is 4.90 Å². The van der Waals surface area contributed by atoms with Crippen LogP contribution < -0.4 is 5.32 Å². The van der Waals surface area contributed by atoms with Crippen LogP contribution in [0.25, 0.3) is 0 Å². The van der Waals surface area contributed by atoms with Gasteiger partial charge < -0.3 is 10.4 Å². The zero-order valence-corrected chi connectivity index (χ0v) is 12.9. The Bertz CT molecular complexity index is 245. The van der Waals surface area contributed by atoms with Gasteiger partial charge in [0, 0.05) is 23.7 Å². The van der Waals surface area contributed by atoms with Gasteiger partial charge in [0.15, 0.2) is 0 Å².